The zero-order chi connectivity index (χ0) is 16.1. The summed E-state index contributed by atoms with van der Waals surface area (Å²) >= 11 is 1.88. The van der Waals surface area contributed by atoms with Gasteiger partial charge in [-0.1, -0.05) is 25.6 Å². The highest BCUT2D eigenvalue weighted by molar-refractivity contribution is 7.19. The Hall–Kier alpha value is -2.06. The fraction of sp³-hybridized carbons (Fsp3) is 0.238. The van der Waals surface area contributed by atoms with E-state index in [1.54, 1.807) is 0 Å². The van der Waals surface area contributed by atoms with E-state index in [1.807, 2.05) is 11.3 Å². The molecule has 0 spiro atoms. The average molecular weight is 319 g/mol. The lowest BCUT2D eigenvalue weighted by Gasteiger charge is -2.20. The lowest BCUT2D eigenvalue weighted by molar-refractivity contribution is 1.04. The molecule has 1 nitrogen and oxygen atoms in total. The maximum Gasteiger partial charge on any atom is 0.0488 e. The molecule has 0 radical (unpaired) electrons. The van der Waals surface area contributed by atoms with Gasteiger partial charge in [-0.25, -0.2) is 0 Å². The number of aryl methyl sites for hydroxylation is 3. The number of anilines is 1. The third-order valence-electron chi connectivity index (χ3n) is 5.02. The molecule has 2 heterocycles. The van der Waals surface area contributed by atoms with Gasteiger partial charge in [0.1, 0.15) is 0 Å². The summed E-state index contributed by atoms with van der Waals surface area (Å²) in [5.41, 5.74) is 7.85. The van der Waals surface area contributed by atoms with E-state index in [0.717, 1.165) is 18.7 Å². The summed E-state index contributed by atoms with van der Waals surface area (Å²) in [6.07, 6.45) is 1.07. The summed E-state index contributed by atoms with van der Waals surface area (Å²) < 4.78 is 1.37. The van der Waals surface area contributed by atoms with Crippen LogP contribution in [0.5, 0.6) is 0 Å². The van der Waals surface area contributed by atoms with Crippen molar-refractivity contribution in [3.8, 4) is 0 Å². The first-order valence-electron chi connectivity index (χ1n) is 8.17. The Labute approximate surface area is 141 Å². The van der Waals surface area contributed by atoms with Gasteiger partial charge in [0.15, 0.2) is 0 Å². The van der Waals surface area contributed by atoms with E-state index in [1.165, 1.54) is 42.9 Å². The summed E-state index contributed by atoms with van der Waals surface area (Å²) in [6, 6.07) is 13.6. The van der Waals surface area contributed by atoms with Crippen LogP contribution in [0.4, 0.5) is 5.69 Å². The van der Waals surface area contributed by atoms with Crippen LogP contribution >= 0.6 is 11.3 Å². The maximum atomic E-state index is 4.36. The third-order valence-corrected chi connectivity index (χ3v) is 6.21. The Kier molecular flexibility index (Phi) is 3.31. The van der Waals surface area contributed by atoms with Crippen LogP contribution in [-0.2, 0) is 13.0 Å². The van der Waals surface area contributed by atoms with Crippen LogP contribution in [0.25, 0.3) is 15.8 Å². The molecule has 0 amide bonds. The predicted molar refractivity (Wildman–Crippen MR) is 102 cm³/mol. The van der Waals surface area contributed by atoms with E-state index in [-0.39, 0.29) is 0 Å². The van der Waals surface area contributed by atoms with E-state index in [4.69, 9.17) is 0 Å². The minimum atomic E-state index is 0.922. The van der Waals surface area contributed by atoms with Gasteiger partial charge < -0.3 is 4.90 Å². The van der Waals surface area contributed by atoms with Crippen molar-refractivity contribution in [1.29, 1.82) is 0 Å². The lowest BCUT2D eigenvalue weighted by atomic mass is 10.0. The van der Waals surface area contributed by atoms with E-state index < -0.39 is 0 Å². The summed E-state index contributed by atoms with van der Waals surface area (Å²) in [7, 11) is 0. The number of fused-ring (bicyclic) bond motifs is 2. The summed E-state index contributed by atoms with van der Waals surface area (Å²) in [4.78, 5) is 3.75. The second-order valence-electron chi connectivity index (χ2n) is 6.34. The van der Waals surface area contributed by atoms with E-state index >= 15 is 0 Å². The van der Waals surface area contributed by atoms with Crippen LogP contribution in [0.2, 0.25) is 0 Å². The van der Waals surface area contributed by atoms with Crippen LogP contribution in [0.3, 0.4) is 0 Å². The van der Waals surface area contributed by atoms with Crippen molar-refractivity contribution < 1.29 is 0 Å². The van der Waals surface area contributed by atoms with Gasteiger partial charge in [0.05, 0.1) is 0 Å². The van der Waals surface area contributed by atoms with Crippen molar-refractivity contribution in [3.05, 3.63) is 70.1 Å². The highest BCUT2D eigenvalue weighted by Gasteiger charge is 2.24. The van der Waals surface area contributed by atoms with Crippen LogP contribution in [0.15, 0.2) is 43.0 Å². The van der Waals surface area contributed by atoms with Gasteiger partial charge in [-0.05, 0) is 66.6 Å². The molecular weight excluding hydrogens is 298 g/mol. The number of rotatable bonds is 2. The monoisotopic (exact) mass is 319 g/mol. The lowest BCUT2D eigenvalue weighted by Crippen LogP contribution is -2.12. The minimum absolute atomic E-state index is 0.922. The minimum Gasteiger partial charge on any atom is -0.337 e. The van der Waals surface area contributed by atoms with Crippen molar-refractivity contribution in [3.63, 3.8) is 0 Å². The molecule has 0 unspecified atom stereocenters. The first-order valence-corrected chi connectivity index (χ1v) is 8.98. The fourth-order valence-corrected chi connectivity index (χ4v) is 4.46. The maximum absolute atomic E-state index is 4.36. The van der Waals surface area contributed by atoms with Crippen LogP contribution in [0, 0.1) is 13.8 Å². The van der Waals surface area contributed by atoms with Crippen LogP contribution < -0.4 is 4.90 Å². The average Bonchev–Trinajstić information content (AvgIpc) is 3.04. The highest BCUT2D eigenvalue weighted by atomic mass is 32.1. The van der Waals surface area contributed by atoms with Gasteiger partial charge in [0, 0.05) is 33.1 Å². The van der Waals surface area contributed by atoms with Gasteiger partial charge in [-0.2, -0.15) is 0 Å². The van der Waals surface area contributed by atoms with Crippen molar-refractivity contribution in [2.75, 3.05) is 4.90 Å². The zero-order valence-corrected chi connectivity index (χ0v) is 14.8. The second kappa shape index (κ2) is 5.24. The molecule has 0 fully saturated rings. The molecule has 0 atom stereocenters. The number of hydrogen-bond acceptors (Lipinski definition) is 2. The highest BCUT2D eigenvalue weighted by Crippen LogP contribution is 2.39. The zero-order valence-electron chi connectivity index (χ0n) is 13.9. The quantitative estimate of drug-likeness (QED) is 0.554. The number of thiophene rings is 1. The molecule has 23 heavy (non-hydrogen) atoms. The molecule has 116 valence electrons. The van der Waals surface area contributed by atoms with Gasteiger partial charge in [0.2, 0.25) is 0 Å². The molecule has 2 heteroatoms. The molecular formula is C21H21NS. The number of hydrogen-bond donors (Lipinski definition) is 0. The smallest absolute Gasteiger partial charge is 0.0488 e. The molecule has 1 aliphatic heterocycles. The van der Waals surface area contributed by atoms with E-state index in [2.05, 4.69) is 68.6 Å². The van der Waals surface area contributed by atoms with Gasteiger partial charge in [-0.3, -0.25) is 0 Å². The van der Waals surface area contributed by atoms with Crippen molar-refractivity contribution in [2.45, 2.75) is 33.7 Å². The Bertz CT molecular complexity index is 932. The molecule has 0 saturated carbocycles. The summed E-state index contributed by atoms with van der Waals surface area (Å²) in [6.45, 7) is 11.9. The van der Waals surface area contributed by atoms with E-state index in [9.17, 15) is 0 Å². The van der Waals surface area contributed by atoms with Crippen LogP contribution in [-0.4, -0.2) is 0 Å². The van der Waals surface area contributed by atoms with Gasteiger partial charge in [-0.15, -0.1) is 11.3 Å². The molecule has 3 aromatic rings. The molecule has 1 aromatic heterocycles. The molecule has 2 aromatic carbocycles. The first kappa shape index (κ1) is 14.5. The molecule has 0 aliphatic carbocycles. The molecule has 1 aliphatic rings. The van der Waals surface area contributed by atoms with E-state index in [0.29, 0.717) is 0 Å². The Morgan fingerprint density at radius 2 is 1.96 bits per heavy atom. The summed E-state index contributed by atoms with van der Waals surface area (Å²) in [5.74, 6) is 0. The molecule has 0 bridgehead atoms. The van der Waals surface area contributed by atoms with Crippen LogP contribution in [0.1, 0.15) is 34.1 Å². The molecule has 0 N–H and O–H groups in total. The standard InChI is InChI=1S/C21H21NS/c1-5-16-6-7-17-12-22(14(3)20(17)10-16)18-8-9-21-19(11-18)13(2)15(4)23-21/h6-11H,3,5,12H2,1-2,4H3. The Balaban J connectivity index is 1.77. The topological polar surface area (TPSA) is 3.24 Å². The fourth-order valence-electron chi connectivity index (χ4n) is 3.41. The first-order chi connectivity index (χ1) is 11.1. The number of nitrogens with zero attached hydrogens (tertiary/aromatic N) is 1. The number of benzene rings is 2. The second-order valence-corrected chi connectivity index (χ2v) is 7.60. The third kappa shape index (κ3) is 2.21. The van der Waals surface area contributed by atoms with Crippen molar-refractivity contribution in [2.24, 2.45) is 0 Å². The summed E-state index contributed by atoms with van der Waals surface area (Å²) in [5, 5.41) is 1.38. The molecule has 4 rings (SSSR count). The predicted octanol–water partition coefficient (Wildman–Crippen LogP) is 6.07. The van der Waals surface area contributed by atoms with Gasteiger partial charge in [0.25, 0.3) is 0 Å². The van der Waals surface area contributed by atoms with Crippen molar-refractivity contribution >= 4 is 32.8 Å². The normalized spacial score (nSPS) is 13.9. The molecule has 0 saturated heterocycles. The largest absolute Gasteiger partial charge is 0.337 e. The van der Waals surface area contributed by atoms with Gasteiger partial charge >= 0.3 is 0 Å². The Morgan fingerprint density at radius 3 is 2.74 bits per heavy atom. The van der Waals surface area contributed by atoms with Crippen molar-refractivity contribution in [1.82, 2.24) is 0 Å². The SMILES string of the molecule is C=C1c2cc(CC)ccc2CN1c1ccc2sc(C)c(C)c2c1. The Morgan fingerprint density at radius 1 is 1.13 bits per heavy atom.